The summed E-state index contributed by atoms with van der Waals surface area (Å²) in [6, 6.07) is 6.50. The van der Waals surface area contributed by atoms with Crippen LogP contribution in [0.15, 0.2) is 24.3 Å². The molecular weight excluding hydrogens is 282 g/mol. The summed E-state index contributed by atoms with van der Waals surface area (Å²) in [6.45, 7) is 2.06. The van der Waals surface area contributed by atoms with Crippen LogP contribution in [-0.4, -0.2) is 36.2 Å². The van der Waals surface area contributed by atoms with Gasteiger partial charge in [0.15, 0.2) is 0 Å². The van der Waals surface area contributed by atoms with Gasteiger partial charge in [0, 0.05) is 17.3 Å². The Balaban J connectivity index is 2.24. The highest BCUT2D eigenvalue weighted by Crippen LogP contribution is 2.25. The maximum absolute atomic E-state index is 12.5. The molecule has 1 N–H and O–H groups in total. The second-order valence-corrected chi connectivity index (χ2v) is 5.29. The summed E-state index contributed by atoms with van der Waals surface area (Å²) in [7, 11) is 0. The summed E-state index contributed by atoms with van der Waals surface area (Å²) < 4.78 is 5.42. The fourth-order valence-corrected chi connectivity index (χ4v) is 2.34. The predicted molar refractivity (Wildman–Crippen MR) is 75.0 cm³/mol. The van der Waals surface area contributed by atoms with Crippen molar-refractivity contribution in [1.29, 1.82) is 0 Å². The Morgan fingerprint density at radius 3 is 2.55 bits per heavy atom. The Morgan fingerprint density at radius 2 is 2.05 bits per heavy atom. The van der Waals surface area contributed by atoms with Crippen molar-refractivity contribution in [3.63, 3.8) is 0 Å². The number of anilines is 1. The van der Waals surface area contributed by atoms with Gasteiger partial charge in [0.05, 0.1) is 0 Å². The topological polar surface area (TPSA) is 66.8 Å². The molecule has 20 heavy (non-hydrogen) atoms. The summed E-state index contributed by atoms with van der Waals surface area (Å²) in [5.74, 6) is -1.30. The van der Waals surface area contributed by atoms with Crippen LogP contribution in [-0.2, 0) is 14.3 Å². The molecule has 1 aromatic rings. The lowest BCUT2D eigenvalue weighted by atomic mass is 10.0. The first-order valence-electron chi connectivity index (χ1n) is 6.39. The largest absolute Gasteiger partial charge is 0.480 e. The third kappa shape index (κ3) is 3.29. The molecule has 0 aliphatic carbocycles. The van der Waals surface area contributed by atoms with E-state index in [-0.39, 0.29) is 11.8 Å². The number of carbonyl (C=O) groups excluding carboxylic acids is 1. The van der Waals surface area contributed by atoms with Crippen LogP contribution in [0.25, 0.3) is 0 Å². The molecule has 0 radical (unpaired) electrons. The minimum atomic E-state index is -1.07. The van der Waals surface area contributed by atoms with Crippen molar-refractivity contribution in [1.82, 2.24) is 0 Å². The molecule has 1 aliphatic rings. The van der Waals surface area contributed by atoms with Crippen LogP contribution in [0, 0.1) is 5.92 Å². The molecule has 0 spiro atoms. The van der Waals surface area contributed by atoms with Crippen molar-refractivity contribution in [2.24, 2.45) is 5.92 Å². The van der Waals surface area contributed by atoms with Gasteiger partial charge in [0.1, 0.15) is 12.6 Å². The first-order valence-corrected chi connectivity index (χ1v) is 6.77. The molecule has 1 fully saturated rings. The normalized spacial score (nSPS) is 21.7. The highest BCUT2D eigenvalue weighted by Gasteiger charge is 2.35. The third-order valence-corrected chi connectivity index (χ3v) is 3.58. The van der Waals surface area contributed by atoms with Crippen molar-refractivity contribution in [3.05, 3.63) is 29.3 Å². The van der Waals surface area contributed by atoms with Crippen LogP contribution < -0.4 is 4.90 Å². The first-order chi connectivity index (χ1) is 9.49. The molecule has 2 unspecified atom stereocenters. The van der Waals surface area contributed by atoms with Crippen molar-refractivity contribution in [2.75, 3.05) is 18.1 Å². The van der Waals surface area contributed by atoms with Gasteiger partial charge in [-0.1, -0.05) is 18.5 Å². The Bertz CT molecular complexity index is 502. The Morgan fingerprint density at radius 1 is 1.40 bits per heavy atom. The van der Waals surface area contributed by atoms with Crippen LogP contribution in [0.3, 0.4) is 0 Å². The third-order valence-electron chi connectivity index (χ3n) is 3.33. The Kier molecular flexibility index (Phi) is 4.62. The molecule has 1 aromatic carbocycles. The number of carboxylic acids is 1. The zero-order chi connectivity index (χ0) is 14.7. The van der Waals surface area contributed by atoms with Crippen LogP contribution in [0.5, 0.6) is 0 Å². The van der Waals surface area contributed by atoms with Gasteiger partial charge in [0.2, 0.25) is 0 Å². The molecule has 0 bridgehead atoms. The molecule has 1 saturated heterocycles. The van der Waals surface area contributed by atoms with Crippen LogP contribution in [0.4, 0.5) is 5.69 Å². The van der Waals surface area contributed by atoms with Gasteiger partial charge >= 0.3 is 5.97 Å². The van der Waals surface area contributed by atoms with Gasteiger partial charge in [-0.2, -0.15) is 0 Å². The second-order valence-electron chi connectivity index (χ2n) is 4.85. The Hall–Kier alpha value is -1.59. The summed E-state index contributed by atoms with van der Waals surface area (Å²) in [6.07, 6.45) is 0.225. The molecule has 2 atom stereocenters. The molecule has 1 heterocycles. The van der Waals surface area contributed by atoms with Gasteiger partial charge < -0.3 is 9.84 Å². The zero-order valence-corrected chi connectivity index (χ0v) is 11.8. The maximum atomic E-state index is 12.5. The van der Waals surface area contributed by atoms with Crippen molar-refractivity contribution < 1.29 is 19.4 Å². The highest BCUT2D eigenvalue weighted by molar-refractivity contribution is 6.30. The molecule has 5 nitrogen and oxygen atoms in total. The van der Waals surface area contributed by atoms with Crippen LogP contribution in [0.1, 0.15) is 13.3 Å². The zero-order valence-electron chi connectivity index (χ0n) is 11.1. The summed E-state index contributed by atoms with van der Waals surface area (Å²) in [4.78, 5) is 24.7. The van der Waals surface area contributed by atoms with Gasteiger partial charge in [-0.25, -0.2) is 0 Å². The number of amides is 1. The minimum Gasteiger partial charge on any atom is -0.480 e. The number of hydrogen-bond donors (Lipinski definition) is 1. The standard InChI is InChI=1S/C14H16ClNO4/c1-9-6-7-20-13(9)14(19)16(8-12(17)18)11-4-2-10(15)3-5-11/h2-5,9,13H,6-8H2,1H3,(H,17,18). The first kappa shape index (κ1) is 14.8. The number of ether oxygens (including phenoxy) is 1. The second kappa shape index (κ2) is 6.24. The number of nitrogens with zero attached hydrogens (tertiary/aromatic N) is 1. The van der Waals surface area contributed by atoms with E-state index in [2.05, 4.69) is 0 Å². The minimum absolute atomic E-state index is 0.0890. The van der Waals surface area contributed by atoms with E-state index in [1.165, 1.54) is 4.90 Å². The lowest BCUT2D eigenvalue weighted by Gasteiger charge is -2.25. The summed E-state index contributed by atoms with van der Waals surface area (Å²) in [5.41, 5.74) is 0.504. The molecular formula is C14H16ClNO4. The lowest BCUT2D eigenvalue weighted by molar-refractivity contribution is -0.138. The van der Waals surface area contributed by atoms with Crippen molar-refractivity contribution >= 4 is 29.2 Å². The van der Waals surface area contributed by atoms with E-state index in [4.69, 9.17) is 21.4 Å². The van der Waals surface area contributed by atoms with E-state index < -0.39 is 18.6 Å². The van der Waals surface area contributed by atoms with E-state index >= 15 is 0 Å². The van der Waals surface area contributed by atoms with Crippen molar-refractivity contribution in [2.45, 2.75) is 19.4 Å². The molecule has 1 amide bonds. The average molecular weight is 298 g/mol. The molecule has 6 heteroatoms. The predicted octanol–water partition coefficient (Wildman–Crippen LogP) is 2.18. The molecule has 0 saturated carbocycles. The Labute approximate surface area is 122 Å². The number of aliphatic carboxylic acids is 1. The summed E-state index contributed by atoms with van der Waals surface area (Å²) in [5, 5.41) is 9.53. The van der Waals surface area contributed by atoms with E-state index in [0.29, 0.717) is 17.3 Å². The fraction of sp³-hybridized carbons (Fsp3) is 0.429. The number of carboxylic acid groups (broad SMARTS) is 1. The molecule has 2 rings (SSSR count). The number of benzene rings is 1. The van der Waals surface area contributed by atoms with Crippen LogP contribution in [0.2, 0.25) is 5.02 Å². The lowest BCUT2D eigenvalue weighted by Crippen LogP contribution is -2.44. The van der Waals surface area contributed by atoms with E-state index in [1.54, 1.807) is 24.3 Å². The maximum Gasteiger partial charge on any atom is 0.323 e. The number of halogens is 1. The average Bonchev–Trinajstić information content (AvgIpc) is 2.82. The molecule has 0 aromatic heterocycles. The van der Waals surface area contributed by atoms with E-state index in [1.807, 2.05) is 6.92 Å². The quantitative estimate of drug-likeness (QED) is 0.925. The smallest absolute Gasteiger partial charge is 0.323 e. The monoisotopic (exact) mass is 297 g/mol. The van der Waals surface area contributed by atoms with E-state index in [9.17, 15) is 9.59 Å². The van der Waals surface area contributed by atoms with Gasteiger partial charge in [0.25, 0.3) is 5.91 Å². The van der Waals surface area contributed by atoms with Crippen LogP contribution >= 0.6 is 11.6 Å². The summed E-state index contributed by atoms with van der Waals surface area (Å²) >= 11 is 5.81. The van der Waals surface area contributed by atoms with Gasteiger partial charge in [-0.3, -0.25) is 14.5 Å². The van der Waals surface area contributed by atoms with Crippen molar-refractivity contribution in [3.8, 4) is 0 Å². The number of carbonyl (C=O) groups is 2. The number of hydrogen-bond acceptors (Lipinski definition) is 3. The van der Waals surface area contributed by atoms with E-state index in [0.717, 1.165) is 6.42 Å². The SMILES string of the molecule is CC1CCOC1C(=O)N(CC(=O)O)c1ccc(Cl)cc1. The van der Waals surface area contributed by atoms with Gasteiger partial charge in [-0.15, -0.1) is 0 Å². The molecule has 1 aliphatic heterocycles. The van der Waals surface area contributed by atoms with Gasteiger partial charge in [-0.05, 0) is 36.6 Å². The highest BCUT2D eigenvalue weighted by atomic mass is 35.5. The number of rotatable bonds is 4. The molecule has 108 valence electrons. The fourth-order valence-electron chi connectivity index (χ4n) is 2.22.